The van der Waals surface area contributed by atoms with E-state index in [2.05, 4.69) is 10.1 Å². The van der Waals surface area contributed by atoms with Gasteiger partial charge in [-0.25, -0.2) is 9.97 Å². The molecular weight excluding hydrogens is 404 g/mol. The van der Waals surface area contributed by atoms with Gasteiger partial charge >= 0.3 is 0 Å². The SMILES string of the molecule is Cc1oc2c(c1C(=O)N1CC[C@@H](c3nc(N(C)C)ncc3-c3cnn(C)c3)C1)CCCC2. The first-order chi connectivity index (χ1) is 15.4. The number of nitrogens with zero attached hydrogens (tertiary/aromatic N) is 6. The van der Waals surface area contributed by atoms with Crippen LogP contribution in [0.4, 0.5) is 5.95 Å². The summed E-state index contributed by atoms with van der Waals surface area (Å²) < 4.78 is 7.75. The monoisotopic (exact) mass is 434 g/mol. The Morgan fingerprint density at radius 3 is 2.78 bits per heavy atom. The van der Waals surface area contributed by atoms with Crippen LogP contribution in [0.25, 0.3) is 11.1 Å². The van der Waals surface area contributed by atoms with Crippen molar-refractivity contribution in [3.63, 3.8) is 0 Å². The summed E-state index contributed by atoms with van der Waals surface area (Å²) in [5.74, 6) is 2.70. The number of amides is 1. The number of likely N-dealkylation sites (tertiary alicyclic amines) is 1. The Balaban J connectivity index is 1.45. The van der Waals surface area contributed by atoms with E-state index in [1.165, 1.54) is 0 Å². The van der Waals surface area contributed by atoms with Crippen molar-refractivity contribution in [3.8, 4) is 11.1 Å². The fraction of sp³-hybridized carbons (Fsp3) is 0.500. The lowest BCUT2D eigenvalue weighted by Crippen LogP contribution is -2.30. The molecular formula is C24H30N6O2. The number of carbonyl (C=O) groups is 1. The molecule has 0 radical (unpaired) electrons. The first-order valence-electron chi connectivity index (χ1n) is 11.4. The number of aryl methyl sites for hydroxylation is 3. The number of anilines is 1. The van der Waals surface area contributed by atoms with Gasteiger partial charge in [0.05, 0.1) is 17.5 Å². The number of hydrogen-bond acceptors (Lipinski definition) is 6. The fourth-order valence-electron chi connectivity index (χ4n) is 5.00. The van der Waals surface area contributed by atoms with Crippen LogP contribution in [0.15, 0.2) is 23.0 Å². The van der Waals surface area contributed by atoms with Crippen molar-refractivity contribution < 1.29 is 9.21 Å². The van der Waals surface area contributed by atoms with Gasteiger partial charge in [0.2, 0.25) is 5.95 Å². The molecule has 0 aromatic carbocycles. The average molecular weight is 435 g/mol. The highest BCUT2D eigenvalue weighted by Gasteiger charge is 2.34. The molecule has 3 aromatic rings. The van der Waals surface area contributed by atoms with Crippen LogP contribution in [0.5, 0.6) is 0 Å². The number of hydrogen-bond donors (Lipinski definition) is 0. The van der Waals surface area contributed by atoms with E-state index in [9.17, 15) is 4.79 Å². The van der Waals surface area contributed by atoms with Crippen molar-refractivity contribution >= 4 is 11.9 Å². The van der Waals surface area contributed by atoms with Gasteiger partial charge in [-0.05, 0) is 32.6 Å². The van der Waals surface area contributed by atoms with Crippen molar-refractivity contribution in [2.45, 2.75) is 44.9 Å². The van der Waals surface area contributed by atoms with E-state index in [1.807, 2.05) is 56.5 Å². The second-order valence-corrected chi connectivity index (χ2v) is 9.14. The summed E-state index contributed by atoms with van der Waals surface area (Å²) in [5, 5.41) is 4.32. The quantitative estimate of drug-likeness (QED) is 0.626. The molecule has 1 fully saturated rings. The fourth-order valence-corrected chi connectivity index (χ4v) is 5.00. The zero-order valence-corrected chi connectivity index (χ0v) is 19.3. The molecule has 3 aromatic heterocycles. The molecule has 0 saturated carbocycles. The topological polar surface area (TPSA) is 80.3 Å². The van der Waals surface area contributed by atoms with Gasteiger partial charge in [-0.3, -0.25) is 9.48 Å². The van der Waals surface area contributed by atoms with E-state index in [1.54, 1.807) is 4.68 Å². The first kappa shape index (κ1) is 20.7. The molecule has 1 atom stereocenters. The number of rotatable bonds is 4. The maximum atomic E-state index is 13.5. The van der Waals surface area contributed by atoms with Crippen LogP contribution in [-0.2, 0) is 19.9 Å². The molecule has 8 heteroatoms. The van der Waals surface area contributed by atoms with Crippen LogP contribution in [0.1, 0.15) is 58.3 Å². The third-order valence-electron chi connectivity index (χ3n) is 6.64. The normalized spacial score (nSPS) is 18.1. The highest BCUT2D eigenvalue weighted by atomic mass is 16.3. The molecule has 0 N–H and O–H groups in total. The molecule has 1 aliphatic heterocycles. The van der Waals surface area contributed by atoms with Crippen molar-refractivity contribution in [1.82, 2.24) is 24.6 Å². The van der Waals surface area contributed by atoms with Gasteiger partial charge in [0, 0.05) is 75.7 Å². The van der Waals surface area contributed by atoms with Crippen LogP contribution in [0.3, 0.4) is 0 Å². The van der Waals surface area contributed by atoms with Crippen LogP contribution in [0.2, 0.25) is 0 Å². The minimum atomic E-state index is 0.0988. The standard InChI is InChI=1S/C24H30N6O2/c1-15-21(18-7-5-6-8-20(18)32-15)23(31)30-10-9-16(14-30)22-19(17-11-26-29(4)13-17)12-25-24(27-22)28(2)3/h11-13,16H,5-10,14H2,1-4H3/t16-/m1/s1. The van der Waals surface area contributed by atoms with Gasteiger partial charge in [0.1, 0.15) is 11.5 Å². The molecule has 8 nitrogen and oxygen atoms in total. The van der Waals surface area contributed by atoms with Gasteiger partial charge in [-0.15, -0.1) is 0 Å². The summed E-state index contributed by atoms with van der Waals surface area (Å²) >= 11 is 0. The van der Waals surface area contributed by atoms with Gasteiger partial charge in [-0.2, -0.15) is 5.10 Å². The smallest absolute Gasteiger partial charge is 0.257 e. The minimum Gasteiger partial charge on any atom is -0.465 e. The molecule has 1 saturated heterocycles. The number of aromatic nitrogens is 4. The second-order valence-electron chi connectivity index (χ2n) is 9.14. The molecule has 2 aliphatic rings. The summed E-state index contributed by atoms with van der Waals surface area (Å²) in [4.78, 5) is 26.8. The Morgan fingerprint density at radius 1 is 1.22 bits per heavy atom. The number of carbonyl (C=O) groups excluding carboxylic acids is 1. The van der Waals surface area contributed by atoms with Crippen LogP contribution in [0, 0.1) is 6.92 Å². The van der Waals surface area contributed by atoms with Crippen LogP contribution >= 0.6 is 0 Å². The highest BCUT2D eigenvalue weighted by molar-refractivity contribution is 5.97. The molecule has 0 bridgehead atoms. The summed E-state index contributed by atoms with van der Waals surface area (Å²) in [6.07, 6.45) is 10.7. The Hall–Kier alpha value is -3.16. The van der Waals surface area contributed by atoms with E-state index in [0.717, 1.165) is 78.1 Å². The van der Waals surface area contributed by atoms with E-state index in [-0.39, 0.29) is 11.8 Å². The lowest BCUT2D eigenvalue weighted by atomic mass is 9.94. The summed E-state index contributed by atoms with van der Waals surface area (Å²) in [7, 11) is 5.79. The molecule has 32 heavy (non-hydrogen) atoms. The van der Waals surface area contributed by atoms with Crippen LogP contribution in [-0.4, -0.2) is 57.7 Å². The van der Waals surface area contributed by atoms with Gasteiger partial charge in [0.15, 0.2) is 0 Å². The molecule has 0 unspecified atom stereocenters. The van der Waals surface area contributed by atoms with Crippen molar-refractivity contribution in [1.29, 1.82) is 0 Å². The Labute approximate surface area is 188 Å². The predicted molar refractivity (Wildman–Crippen MR) is 122 cm³/mol. The zero-order chi connectivity index (χ0) is 22.4. The third-order valence-corrected chi connectivity index (χ3v) is 6.64. The summed E-state index contributed by atoms with van der Waals surface area (Å²) in [6, 6.07) is 0. The summed E-state index contributed by atoms with van der Waals surface area (Å²) in [5.41, 5.74) is 4.90. The molecule has 5 rings (SSSR count). The van der Waals surface area contributed by atoms with E-state index < -0.39 is 0 Å². The van der Waals surface area contributed by atoms with Crippen molar-refractivity contribution in [2.24, 2.45) is 7.05 Å². The predicted octanol–water partition coefficient (Wildman–Crippen LogP) is 3.35. The van der Waals surface area contributed by atoms with E-state index in [4.69, 9.17) is 9.40 Å². The Morgan fingerprint density at radius 2 is 2.03 bits per heavy atom. The molecule has 1 aliphatic carbocycles. The summed E-state index contributed by atoms with van der Waals surface area (Å²) in [6.45, 7) is 3.29. The van der Waals surface area contributed by atoms with E-state index >= 15 is 0 Å². The lowest BCUT2D eigenvalue weighted by molar-refractivity contribution is 0.0788. The Bertz CT molecular complexity index is 1160. The molecule has 0 spiro atoms. The van der Waals surface area contributed by atoms with Gasteiger partial charge in [-0.1, -0.05) is 0 Å². The molecule has 168 valence electrons. The van der Waals surface area contributed by atoms with Gasteiger partial charge in [0.25, 0.3) is 5.91 Å². The lowest BCUT2D eigenvalue weighted by Gasteiger charge is -2.20. The Kier molecular flexibility index (Phi) is 5.23. The second kappa shape index (κ2) is 8.07. The highest BCUT2D eigenvalue weighted by Crippen LogP contribution is 2.36. The van der Waals surface area contributed by atoms with Crippen LogP contribution < -0.4 is 4.90 Å². The maximum Gasteiger partial charge on any atom is 0.257 e. The average Bonchev–Trinajstić information content (AvgIpc) is 3.50. The number of furan rings is 1. The molecule has 4 heterocycles. The zero-order valence-electron chi connectivity index (χ0n) is 19.3. The van der Waals surface area contributed by atoms with E-state index in [0.29, 0.717) is 12.5 Å². The van der Waals surface area contributed by atoms with Gasteiger partial charge < -0.3 is 14.2 Å². The largest absolute Gasteiger partial charge is 0.465 e. The number of fused-ring (bicyclic) bond motifs is 1. The first-order valence-corrected chi connectivity index (χ1v) is 11.4. The molecule has 1 amide bonds. The third kappa shape index (κ3) is 3.57. The van der Waals surface area contributed by atoms with Crippen molar-refractivity contribution in [3.05, 3.63) is 46.9 Å². The van der Waals surface area contributed by atoms with Crippen molar-refractivity contribution in [2.75, 3.05) is 32.1 Å². The minimum absolute atomic E-state index is 0.0988. The maximum absolute atomic E-state index is 13.5.